The van der Waals surface area contributed by atoms with Gasteiger partial charge < -0.3 is 4.90 Å². The second-order valence-corrected chi connectivity index (χ2v) is 17.9. The molecule has 0 aliphatic carbocycles. The van der Waals surface area contributed by atoms with Gasteiger partial charge in [0, 0.05) is 48.5 Å². The number of hydrogen-bond donors (Lipinski definition) is 0. The molecule has 0 aliphatic rings. The predicted octanol–water partition coefficient (Wildman–Crippen LogP) is 17.6. The largest absolute Gasteiger partial charge is 0.310 e. The lowest BCUT2D eigenvalue weighted by molar-refractivity contribution is 0.983. The maximum atomic E-state index is 2.48. The molecule has 0 bridgehead atoms. The minimum absolute atomic E-state index is 0.0729. The molecule has 0 saturated heterocycles. The van der Waals surface area contributed by atoms with E-state index in [1.165, 1.54) is 101 Å². The molecule has 0 saturated carbocycles. The van der Waals surface area contributed by atoms with E-state index >= 15 is 0 Å². The highest BCUT2D eigenvalue weighted by atomic mass is 32.1. The summed E-state index contributed by atoms with van der Waals surface area (Å²) < 4.78 is 2.61. The maximum Gasteiger partial charge on any atom is 0.0476 e. The summed E-state index contributed by atoms with van der Waals surface area (Å²) in [6.07, 6.45) is 0. The summed E-state index contributed by atoms with van der Waals surface area (Å²) in [4.78, 5) is 2.40. The van der Waals surface area contributed by atoms with Crippen LogP contribution in [0, 0.1) is 0 Å². The third-order valence-corrected chi connectivity index (χ3v) is 14.5. The lowest BCUT2D eigenvalue weighted by atomic mass is 9.83. The van der Waals surface area contributed by atoms with E-state index < -0.39 is 0 Å². The van der Waals surface area contributed by atoms with Gasteiger partial charge in [-0.25, -0.2) is 0 Å². The lowest BCUT2D eigenvalue weighted by Crippen LogP contribution is -2.09. The lowest BCUT2D eigenvalue weighted by Gasteiger charge is -2.26. The number of benzene rings is 12. The van der Waals surface area contributed by atoms with Crippen molar-refractivity contribution < 1.29 is 0 Å². The molecule has 13 rings (SSSR count). The Kier molecular flexibility index (Phi) is 8.22. The average molecular weight is 818 g/mol. The van der Waals surface area contributed by atoms with Crippen LogP contribution in [0.15, 0.2) is 231 Å². The number of nitrogens with zero attached hydrogens (tertiary/aromatic N) is 1. The Morgan fingerprint density at radius 3 is 1.51 bits per heavy atom. The number of rotatable bonds is 6. The van der Waals surface area contributed by atoms with Gasteiger partial charge in [0.1, 0.15) is 0 Å². The van der Waals surface area contributed by atoms with Gasteiger partial charge in [0.2, 0.25) is 0 Å². The highest BCUT2D eigenvalue weighted by molar-refractivity contribution is 7.27. The van der Waals surface area contributed by atoms with Gasteiger partial charge >= 0.3 is 0 Å². The van der Waals surface area contributed by atoms with Crippen LogP contribution in [0.25, 0.3) is 84.8 Å². The summed E-state index contributed by atoms with van der Waals surface area (Å²) in [5.74, 6) is 0.0729. The predicted molar refractivity (Wildman–Crippen MR) is 273 cm³/mol. The van der Waals surface area contributed by atoms with Crippen molar-refractivity contribution in [1.82, 2.24) is 0 Å². The third kappa shape index (κ3) is 5.83. The Morgan fingerprint density at radius 1 is 0.286 bits per heavy atom. The third-order valence-electron chi connectivity index (χ3n) is 13.3. The molecule has 63 heavy (non-hydrogen) atoms. The van der Waals surface area contributed by atoms with Crippen molar-refractivity contribution in [3.05, 3.63) is 247 Å². The number of thiophene rings is 1. The minimum atomic E-state index is 0.0729. The Balaban J connectivity index is 0.982. The van der Waals surface area contributed by atoms with Gasteiger partial charge in [-0.15, -0.1) is 11.3 Å². The fourth-order valence-corrected chi connectivity index (χ4v) is 11.7. The molecule has 1 atom stereocenters. The zero-order valence-corrected chi connectivity index (χ0v) is 35.2. The zero-order valence-electron chi connectivity index (χ0n) is 34.4. The van der Waals surface area contributed by atoms with Crippen molar-refractivity contribution in [2.24, 2.45) is 0 Å². The van der Waals surface area contributed by atoms with Gasteiger partial charge in [-0.05, 0) is 118 Å². The van der Waals surface area contributed by atoms with Crippen LogP contribution in [0.5, 0.6) is 0 Å². The smallest absolute Gasteiger partial charge is 0.0476 e. The van der Waals surface area contributed by atoms with Gasteiger partial charge in [0.15, 0.2) is 0 Å². The molecule has 0 amide bonds. The first kappa shape index (κ1) is 35.9. The highest BCUT2D eigenvalue weighted by Gasteiger charge is 2.22. The standard InChI is InChI=1S/C61H39NS/c1-3-15-41(16-4-1)59(44-27-31-51-42(35-44)25-23-39-13-7-9-19-49(39)51)45-28-32-55-57(37-45)53-21-11-12-22-54(53)60-56-34-30-48(38-58(56)63-61(55)60)62(46-17-5-2-6-18-46)47-29-33-52-43(36-47)26-24-40-14-8-10-20-50(40)52/h1-38,59H. The molecule has 1 unspecified atom stereocenters. The fourth-order valence-electron chi connectivity index (χ4n) is 10.4. The molecule has 0 N–H and O–H groups in total. The van der Waals surface area contributed by atoms with Crippen LogP contribution in [0.1, 0.15) is 22.6 Å². The number of hydrogen-bond acceptors (Lipinski definition) is 2. The van der Waals surface area contributed by atoms with Crippen LogP contribution < -0.4 is 4.90 Å². The maximum absolute atomic E-state index is 2.48. The Bertz CT molecular complexity index is 3920. The molecular formula is C61H39NS. The van der Waals surface area contributed by atoms with E-state index in [1.807, 2.05) is 11.3 Å². The molecule has 12 aromatic carbocycles. The normalized spacial score (nSPS) is 12.4. The van der Waals surface area contributed by atoms with Crippen LogP contribution >= 0.6 is 11.3 Å². The van der Waals surface area contributed by atoms with E-state index in [4.69, 9.17) is 0 Å². The monoisotopic (exact) mass is 817 g/mol. The van der Waals surface area contributed by atoms with E-state index in [2.05, 4.69) is 235 Å². The SMILES string of the molecule is c1ccc(C(c2ccc3c(ccc4ccccc43)c2)c2ccc3c(c2)c2ccccc2c2c4ccc(N(c5ccccc5)c5ccc6c(ccc7ccccc76)c5)cc4sc32)cc1. The Hall–Kier alpha value is -7.78. The quantitative estimate of drug-likeness (QED) is 0.119. The van der Waals surface area contributed by atoms with E-state index in [0.717, 1.165) is 17.1 Å². The number of anilines is 3. The summed E-state index contributed by atoms with van der Waals surface area (Å²) in [7, 11) is 0. The summed E-state index contributed by atoms with van der Waals surface area (Å²) in [6.45, 7) is 0. The molecule has 0 spiro atoms. The van der Waals surface area contributed by atoms with Crippen molar-refractivity contribution in [2.75, 3.05) is 4.90 Å². The minimum Gasteiger partial charge on any atom is -0.310 e. The van der Waals surface area contributed by atoms with Crippen molar-refractivity contribution in [3.8, 4) is 0 Å². The van der Waals surface area contributed by atoms with E-state index in [9.17, 15) is 0 Å². The van der Waals surface area contributed by atoms with Crippen molar-refractivity contribution in [1.29, 1.82) is 0 Å². The van der Waals surface area contributed by atoms with Crippen molar-refractivity contribution >= 4 is 113 Å². The van der Waals surface area contributed by atoms with Gasteiger partial charge in [0.25, 0.3) is 0 Å². The molecule has 1 nitrogen and oxygen atoms in total. The van der Waals surface area contributed by atoms with Crippen molar-refractivity contribution in [2.45, 2.75) is 5.92 Å². The van der Waals surface area contributed by atoms with E-state index in [1.54, 1.807) is 0 Å². The zero-order chi connectivity index (χ0) is 41.4. The second kappa shape index (κ2) is 14.4. The van der Waals surface area contributed by atoms with E-state index in [0.29, 0.717) is 0 Å². The molecular weight excluding hydrogens is 779 g/mol. The summed E-state index contributed by atoms with van der Waals surface area (Å²) in [5, 5.41) is 18.0. The van der Waals surface area contributed by atoms with Gasteiger partial charge in [0.05, 0.1) is 0 Å². The van der Waals surface area contributed by atoms with Crippen molar-refractivity contribution in [3.63, 3.8) is 0 Å². The molecule has 13 aromatic rings. The molecule has 0 fully saturated rings. The van der Waals surface area contributed by atoms with Crippen LogP contribution in [0.4, 0.5) is 17.1 Å². The van der Waals surface area contributed by atoms with Crippen LogP contribution in [0.2, 0.25) is 0 Å². The Morgan fingerprint density at radius 2 is 0.794 bits per heavy atom. The average Bonchev–Trinajstić information content (AvgIpc) is 3.74. The molecule has 294 valence electrons. The van der Waals surface area contributed by atoms with Gasteiger partial charge in [-0.1, -0.05) is 188 Å². The first-order valence-electron chi connectivity index (χ1n) is 21.8. The van der Waals surface area contributed by atoms with E-state index in [-0.39, 0.29) is 5.92 Å². The first-order valence-corrected chi connectivity index (χ1v) is 22.6. The topological polar surface area (TPSA) is 3.24 Å². The molecule has 2 heteroatoms. The molecule has 0 aliphatic heterocycles. The van der Waals surface area contributed by atoms with Crippen LogP contribution in [-0.2, 0) is 0 Å². The first-order chi connectivity index (χ1) is 31.2. The van der Waals surface area contributed by atoms with Crippen LogP contribution in [-0.4, -0.2) is 0 Å². The highest BCUT2D eigenvalue weighted by Crippen LogP contribution is 2.48. The summed E-state index contributed by atoms with van der Waals surface area (Å²) in [5.41, 5.74) is 7.30. The Labute approximate surface area is 369 Å². The second-order valence-electron chi connectivity index (χ2n) is 16.8. The fraction of sp³-hybridized carbons (Fsp3) is 0.0164. The molecule has 1 aromatic heterocycles. The number of fused-ring (bicyclic) bond motifs is 14. The van der Waals surface area contributed by atoms with Gasteiger partial charge in [-0.3, -0.25) is 0 Å². The summed E-state index contributed by atoms with van der Waals surface area (Å²) >= 11 is 1.91. The molecule has 1 heterocycles. The van der Waals surface area contributed by atoms with Gasteiger partial charge in [-0.2, -0.15) is 0 Å². The molecule has 0 radical (unpaired) electrons. The summed E-state index contributed by atoms with van der Waals surface area (Å²) in [6, 6.07) is 85.5. The number of para-hydroxylation sites is 1. The van der Waals surface area contributed by atoms with Crippen LogP contribution in [0.3, 0.4) is 0 Å².